The fraction of sp³-hybridized carbons (Fsp3) is 1.00. The number of halogens is 3. The Morgan fingerprint density at radius 2 is 1.71 bits per heavy atom. The van der Waals surface area contributed by atoms with Crippen LogP contribution in [0.2, 0.25) is 0 Å². The summed E-state index contributed by atoms with van der Waals surface area (Å²) in [5.41, 5.74) is -5.31. The van der Waals surface area contributed by atoms with Crippen molar-refractivity contribution >= 4 is 10.1 Å². The standard InChI is InChI=1S/C10H17F3O3S/c1-2-3-8-4-6-9(7-5-8)16-17(14,15)10(11,12)13/h8-9H,2-7H2,1H3/t8-,9-. The second-order valence-corrected chi connectivity index (χ2v) is 5.99. The molecule has 0 atom stereocenters. The Kier molecular flexibility index (Phi) is 4.83. The molecule has 1 aliphatic rings. The van der Waals surface area contributed by atoms with Crippen molar-refractivity contribution in [1.82, 2.24) is 0 Å². The first-order chi connectivity index (χ1) is 7.76. The molecule has 0 N–H and O–H groups in total. The van der Waals surface area contributed by atoms with Gasteiger partial charge in [-0.2, -0.15) is 21.6 Å². The fourth-order valence-electron chi connectivity index (χ4n) is 2.16. The molecule has 0 bridgehead atoms. The van der Waals surface area contributed by atoms with Crippen LogP contribution in [-0.4, -0.2) is 20.0 Å². The predicted molar refractivity (Wildman–Crippen MR) is 56.7 cm³/mol. The van der Waals surface area contributed by atoms with Crippen LogP contribution in [0.4, 0.5) is 13.2 Å². The van der Waals surface area contributed by atoms with E-state index in [4.69, 9.17) is 0 Å². The highest BCUT2D eigenvalue weighted by Gasteiger charge is 2.48. The highest BCUT2D eigenvalue weighted by Crippen LogP contribution is 2.33. The van der Waals surface area contributed by atoms with Gasteiger partial charge in [-0.05, 0) is 31.6 Å². The SMILES string of the molecule is CCC[C@H]1CC[C@H](OS(=O)(=O)C(F)(F)F)CC1. The highest BCUT2D eigenvalue weighted by molar-refractivity contribution is 7.87. The fourth-order valence-corrected chi connectivity index (χ4v) is 2.82. The van der Waals surface area contributed by atoms with E-state index in [1.54, 1.807) is 0 Å². The average Bonchev–Trinajstić information content (AvgIpc) is 2.19. The highest BCUT2D eigenvalue weighted by atomic mass is 32.2. The van der Waals surface area contributed by atoms with E-state index in [0.717, 1.165) is 25.7 Å². The van der Waals surface area contributed by atoms with Gasteiger partial charge in [0.1, 0.15) is 0 Å². The Bertz CT molecular complexity index is 329. The molecule has 102 valence electrons. The number of alkyl halides is 3. The van der Waals surface area contributed by atoms with Gasteiger partial charge in [0.05, 0.1) is 6.10 Å². The second kappa shape index (κ2) is 5.56. The summed E-state index contributed by atoms with van der Waals surface area (Å²) in [6.07, 6.45) is 3.53. The van der Waals surface area contributed by atoms with Crippen molar-refractivity contribution in [1.29, 1.82) is 0 Å². The summed E-state index contributed by atoms with van der Waals surface area (Å²) in [5.74, 6) is 0.494. The van der Waals surface area contributed by atoms with Crippen molar-refractivity contribution in [2.75, 3.05) is 0 Å². The maximum Gasteiger partial charge on any atom is 0.523 e. The molecule has 1 rings (SSSR count). The van der Waals surface area contributed by atoms with Crippen LogP contribution in [0.15, 0.2) is 0 Å². The lowest BCUT2D eigenvalue weighted by Gasteiger charge is -2.27. The van der Waals surface area contributed by atoms with Crippen molar-refractivity contribution < 1.29 is 25.8 Å². The van der Waals surface area contributed by atoms with Gasteiger partial charge >= 0.3 is 15.6 Å². The third-order valence-corrected chi connectivity index (χ3v) is 4.13. The molecule has 0 spiro atoms. The molecule has 1 saturated carbocycles. The molecule has 0 amide bonds. The van der Waals surface area contributed by atoms with Gasteiger partial charge in [-0.1, -0.05) is 19.8 Å². The van der Waals surface area contributed by atoms with Crippen molar-refractivity contribution in [3.63, 3.8) is 0 Å². The minimum atomic E-state index is -5.43. The number of hydrogen-bond donors (Lipinski definition) is 0. The molecule has 0 aliphatic heterocycles. The minimum absolute atomic E-state index is 0.389. The van der Waals surface area contributed by atoms with Crippen LogP contribution in [0.25, 0.3) is 0 Å². The first-order valence-electron chi connectivity index (χ1n) is 5.76. The molecule has 1 aliphatic carbocycles. The summed E-state index contributed by atoms with van der Waals surface area (Å²) in [7, 11) is -5.43. The first-order valence-corrected chi connectivity index (χ1v) is 7.16. The summed E-state index contributed by atoms with van der Waals surface area (Å²) in [6, 6.07) is 0. The lowest BCUT2D eigenvalue weighted by molar-refractivity contribution is -0.0590. The molecule has 1 fully saturated rings. The van der Waals surface area contributed by atoms with Crippen LogP contribution in [0, 0.1) is 5.92 Å². The summed E-state index contributed by atoms with van der Waals surface area (Å²) < 4.78 is 62.0. The zero-order valence-electron chi connectivity index (χ0n) is 9.66. The molecule has 0 saturated heterocycles. The lowest BCUT2D eigenvalue weighted by Crippen LogP contribution is -2.32. The Balaban J connectivity index is 2.46. The van der Waals surface area contributed by atoms with Crippen LogP contribution >= 0.6 is 0 Å². The van der Waals surface area contributed by atoms with E-state index in [0.29, 0.717) is 18.8 Å². The molecular formula is C10H17F3O3S. The van der Waals surface area contributed by atoms with Gasteiger partial charge < -0.3 is 0 Å². The van der Waals surface area contributed by atoms with E-state index in [9.17, 15) is 21.6 Å². The molecule has 17 heavy (non-hydrogen) atoms. The van der Waals surface area contributed by atoms with Crippen molar-refractivity contribution in [3.05, 3.63) is 0 Å². The van der Waals surface area contributed by atoms with E-state index in [1.807, 2.05) is 0 Å². The van der Waals surface area contributed by atoms with Crippen LogP contribution in [0.5, 0.6) is 0 Å². The quantitative estimate of drug-likeness (QED) is 0.584. The van der Waals surface area contributed by atoms with Crippen LogP contribution in [0.1, 0.15) is 45.4 Å². The summed E-state index contributed by atoms with van der Waals surface area (Å²) >= 11 is 0. The van der Waals surface area contributed by atoms with Gasteiger partial charge in [0.2, 0.25) is 0 Å². The van der Waals surface area contributed by atoms with Crippen LogP contribution in [-0.2, 0) is 14.3 Å². The molecule has 3 nitrogen and oxygen atoms in total. The maximum atomic E-state index is 12.1. The molecule has 0 heterocycles. The van der Waals surface area contributed by atoms with Gasteiger partial charge in [0.15, 0.2) is 0 Å². The van der Waals surface area contributed by atoms with E-state index in [-0.39, 0.29) is 0 Å². The van der Waals surface area contributed by atoms with Gasteiger partial charge in [0.25, 0.3) is 0 Å². The minimum Gasteiger partial charge on any atom is -0.260 e. The Hall–Kier alpha value is -0.300. The normalized spacial score (nSPS) is 27.1. The summed E-state index contributed by atoms with van der Waals surface area (Å²) in [4.78, 5) is 0. The lowest BCUT2D eigenvalue weighted by atomic mass is 9.85. The van der Waals surface area contributed by atoms with Crippen molar-refractivity contribution in [2.24, 2.45) is 5.92 Å². The summed E-state index contributed by atoms with van der Waals surface area (Å²) in [6.45, 7) is 2.05. The summed E-state index contributed by atoms with van der Waals surface area (Å²) in [5, 5.41) is 0. The van der Waals surface area contributed by atoms with Gasteiger partial charge in [-0.25, -0.2) is 0 Å². The molecule has 0 radical (unpaired) electrons. The van der Waals surface area contributed by atoms with E-state index >= 15 is 0 Å². The topological polar surface area (TPSA) is 43.4 Å². The average molecular weight is 274 g/mol. The predicted octanol–water partition coefficient (Wildman–Crippen LogP) is 3.21. The van der Waals surface area contributed by atoms with E-state index in [2.05, 4.69) is 11.1 Å². The molecule has 0 aromatic rings. The van der Waals surface area contributed by atoms with Crippen molar-refractivity contribution in [3.8, 4) is 0 Å². The molecular weight excluding hydrogens is 257 g/mol. The smallest absolute Gasteiger partial charge is 0.260 e. The number of hydrogen-bond acceptors (Lipinski definition) is 3. The van der Waals surface area contributed by atoms with Crippen LogP contribution in [0.3, 0.4) is 0 Å². The van der Waals surface area contributed by atoms with Crippen LogP contribution < -0.4 is 0 Å². The third kappa shape index (κ3) is 4.13. The Labute approximate surface area is 99.5 Å². The first kappa shape index (κ1) is 14.8. The zero-order chi connectivity index (χ0) is 13.1. The zero-order valence-corrected chi connectivity index (χ0v) is 10.5. The monoisotopic (exact) mass is 274 g/mol. The molecule has 0 unspecified atom stereocenters. The number of rotatable bonds is 4. The second-order valence-electron chi connectivity index (χ2n) is 4.43. The largest absolute Gasteiger partial charge is 0.523 e. The Morgan fingerprint density at radius 1 is 1.18 bits per heavy atom. The molecule has 7 heteroatoms. The van der Waals surface area contributed by atoms with Gasteiger partial charge in [-0.3, -0.25) is 4.18 Å². The molecule has 0 aromatic carbocycles. The Morgan fingerprint density at radius 3 is 2.12 bits per heavy atom. The maximum absolute atomic E-state index is 12.1. The van der Waals surface area contributed by atoms with Gasteiger partial charge in [-0.15, -0.1) is 0 Å². The van der Waals surface area contributed by atoms with Crippen molar-refractivity contribution in [2.45, 2.75) is 57.1 Å². The molecule has 0 aromatic heterocycles. The third-order valence-electron chi connectivity index (χ3n) is 3.04. The van der Waals surface area contributed by atoms with Gasteiger partial charge in [0, 0.05) is 0 Å². The van der Waals surface area contributed by atoms with E-state index in [1.165, 1.54) is 0 Å². The van der Waals surface area contributed by atoms with E-state index < -0.39 is 21.7 Å².